The van der Waals surface area contributed by atoms with E-state index in [1.54, 1.807) is 6.92 Å². The number of amides is 5. The van der Waals surface area contributed by atoms with Crippen LogP contribution in [0.1, 0.15) is 52.9 Å². The van der Waals surface area contributed by atoms with Crippen molar-refractivity contribution in [2.24, 2.45) is 23.7 Å². The fourth-order valence-electron chi connectivity index (χ4n) is 5.55. The van der Waals surface area contributed by atoms with Gasteiger partial charge in [-0.05, 0) is 43.9 Å². The molecular formula is C24H36ClF2N5O5. The van der Waals surface area contributed by atoms with Crippen molar-refractivity contribution >= 4 is 41.1 Å². The predicted molar refractivity (Wildman–Crippen MR) is 130 cm³/mol. The molecule has 3 N–H and O–H groups in total. The first kappa shape index (κ1) is 29.1. The van der Waals surface area contributed by atoms with Crippen LogP contribution in [0.5, 0.6) is 0 Å². The number of fused-ring (bicyclic) bond motifs is 1. The van der Waals surface area contributed by atoms with Gasteiger partial charge in [0.25, 0.3) is 23.4 Å². The van der Waals surface area contributed by atoms with Crippen LogP contribution in [0.4, 0.5) is 8.78 Å². The number of nitrogens with zero attached hydrogens (tertiary/aromatic N) is 2. The Labute approximate surface area is 220 Å². The second-order valence-electron chi connectivity index (χ2n) is 10.3. The standard InChI is InChI=1S/C24H36ClF2N5O5/c1-4-12(2)17(29-20(33)13(3)26)23(36)31-10-14-6-5-7-16(14)18(31)22(35)30-32(24(37)19(25)27)11-15-8-9-28-21(15)34/h12-19H,4-11H2,1-3H3,(H,28,34)(H,29,33)(H,30,35)/t12-,13?,14?,15-,16?,17-,18?,19-/m0/s1. The summed E-state index contributed by atoms with van der Waals surface area (Å²) in [5.74, 6) is -4.78. The molecule has 0 aromatic carbocycles. The van der Waals surface area contributed by atoms with Crippen LogP contribution in [-0.2, 0) is 24.0 Å². The Morgan fingerprint density at radius 3 is 2.46 bits per heavy atom. The van der Waals surface area contributed by atoms with Crippen molar-refractivity contribution in [1.82, 2.24) is 26.0 Å². The lowest BCUT2D eigenvalue weighted by Crippen LogP contribution is -2.60. The molecule has 2 heterocycles. The largest absolute Gasteiger partial charge is 0.356 e. The molecular weight excluding hydrogens is 512 g/mol. The first-order valence-electron chi connectivity index (χ1n) is 12.9. The minimum Gasteiger partial charge on any atom is -0.356 e. The van der Waals surface area contributed by atoms with Crippen molar-refractivity contribution in [3.8, 4) is 0 Å². The summed E-state index contributed by atoms with van der Waals surface area (Å²) in [6, 6.07) is -2.02. The topological polar surface area (TPSA) is 128 Å². The van der Waals surface area contributed by atoms with Gasteiger partial charge in [0.1, 0.15) is 12.1 Å². The van der Waals surface area contributed by atoms with Crippen molar-refractivity contribution in [2.75, 3.05) is 19.6 Å². The third-order valence-electron chi connectivity index (χ3n) is 7.84. The molecule has 2 aliphatic heterocycles. The molecule has 3 fully saturated rings. The van der Waals surface area contributed by atoms with E-state index in [-0.39, 0.29) is 36.8 Å². The Morgan fingerprint density at radius 1 is 1.19 bits per heavy atom. The average molecular weight is 548 g/mol. The molecule has 0 spiro atoms. The van der Waals surface area contributed by atoms with Gasteiger partial charge in [-0.2, -0.15) is 0 Å². The number of alkyl halides is 3. The van der Waals surface area contributed by atoms with Crippen LogP contribution in [0, 0.1) is 23.7 Å². The number of nitrogens with one attached hydrogen (secondary N) is 3. The predicted octanol–water partition coefficient (Wildman–Crippen LogP) is 1.03. The van der Waals surface area contributed by atoms with E-state index in [1.807, 2.05) is 6.92 Å². The summed E-state index contributed by atoms with van der Waals surface area (Å²) in [5.41, 5.74) is -0.00708. The maximum atomic E-state index is 13.8. The molecule has 10 nitrogen and oxygen atoms in total. The molecule has 0 aromatic rings. The Hall–Kier alpha value is -2.50. The van der Waals surface area contributed by atoms with Gasteiger partial charge in [0.15, 0.2) is 6.17 Å². The van der Waals surface area contributed by atoms with Gasteiger partial charge >= 0.3 is 0 Å². The summed E-state index contributed by atoms with van der Waals surface area (Å²) >= 11 is 5.38. The second kappa shape index (κ2) is 12.4. The molecule has 8 atom stereocenters. The number of hydrogen-bond acceptors (Lipinski definition) is 5. The molecule has 5 amide bonds. The highest BCUT2D eigenvalue weighted by Gasteiger charge is 2.51. The summed E-state index contributed by atoms with van der Waals surface area (Å²) in [6.45, 7) is 5.07. The van der Waals surface area contributed by atoms with Crippen LogP contribution in [0.15, 0.2) is 0 Å². The smallest absolute Gasteiger partial charge is 0.291 e. The maximum absolute atomic E-state index is 13.8. The first-order chi connectivity index (χ1) is 17.5. The second-order valence-corrected chi connectivity index (χ2v) is 10.7. The normalized spacial score (nSPS) is 28.1. The Bertz CT molecular complexity index is 907. The molecule has 0 bridgehead atoms. The minimum atomic E-state index is -2.43. The van der Waals surface area contributed by atoms with E-state index >= 15 is 0 Å². The molecule has 0 aromatic heterocycles. The number of halogens is 3. The van der Waals surface area contributed by atoms with Crippen LogP contribution < -0.4 is 16.1 Å². The summed E-state index contributed by atoms with van der Waals surface area (Å²) in [7, 11) is 0. The Balaban J connectivity index is 1.84. The quantitative estimate of drug-likeness (QED) is 0.293. The van der Waals surface area contributed by atoms with Crippen molar-refractivity contribution in [3.63, 3.8) is 0 Å². The zero-order chi connectivity index (χ0) is 27.4. The molecule has 4 unspecified atom stereocenters. The molecule has 208 valence electrons. The first-order valence-corrected chi connectivity index (χ1v) is 13.3. The van der Waals surface area contributed by atoms with Gasteiger partial charge in [0.05, 0.1) is 12.5 Å². The number of hydrazine groups is 1. The molecule has 2 saturated heterocycles. The van der Waals surface area contributed by atoms with Crippen molar-refractivity contribution in [2.45, 2.75) is 76.8 Å². The summed E-state index contributed by atoms with van der Waals surface area (Å²) in [4.78, 5) is 65.3. The number of carbonyl (C=O) groups is 5. The molecule has 37 heavy (non-hydrogen) atoms. The zero-order valence-electron chi connectivity index (χ0n) is 21.3. The van der Waals surface area contributed by atoms with Gasteiger partial charge in [-0.15, -0.1) is 0 Å². The van der Waals surface area contributed by atoms with E-state index < -0.39 is 53.4 Å². The molecule has 3 aliphatic rings. The van der Waals surface area contributed by atoms with Crippen molar-refractivity contribution < 1.29 is 32.8 Å². The summed E-state index contributed by atoms with van der Waals surface area (Å²) in [5, 5.41) is 5.83. The summed E-state index contributed by atoms with van der Waals surface area (Å²) < 4.78 is 27.4. The highest BCUT2D eigenvalue weighted by molar-refractivity contribution is 6.29. The Kier molecular flexibility index (Phi) is 9.71. The van der Waals surface area contributed by atoms with Crippen LogP contribution in [-0.4, -0.2) is 83.0 Å². The maximum Gasteiger partial charge on any atom is 0.291 e. The number of carbonyl (C=O) groups excluding carboxylic acids is 5. The third kappa shape index (κ3) is 6.50. The molecule has 0 radical (unpaired) electrons. The molecule has 13 heteroatoms. The van der Waals surface area contributed by atoms with Gasteiger partial charge in [0, 0.05) is 13.1 Å². The fourth-order valence-corrected chi connectivity index (χ4v) is 5.66. The van der Waals surface area contributed by atoms with Crippen molar-refractivity contribution in [1.29, 1.82) is 0 Å². The van der Waals surface area contributed by atoms with E-state index in [9.17, 15) is 32.8 Å². The number of rotatable bonds is 9. The van der Waals surface area contributed by atoms with Gasteiger partial charge < -0.3 is 15.5 Å². The van der Waals surface area contributed by atoms with Gasteiger partial charge in [-0.1, -0.05) is 38.3 Å². The van der Waals surface area contributed by atoms with Gasteiger partial charge in [-0.25, -0.2) is 13.8 Å². The van der Waals surface area contributed by atoms with Crippen LogP contribution in [0.2, 0.25) is 0 Å². The number of hydrogen-bond donors (Lipinski definition) is 3. The number of likely N-dealkylation sites (tertiary alicyclic amines) is 1. The summed E-state index contributed by atoms with van der Waals surface area (Å²) in [6.07, 6.45) is 1.46. The third-order valence-corrected chi connectivity index (χ3v) is 8.03. The Morgan fingerprint density at radius 2 is 1.89 bits per heavy atom. The lowest BCUT2D eigenvalue weighted by molar-refractivity contribution is -0.150. The van der Waals surface area contributed by atoms with Crippen LogP contribution in [0.3, 0.4) is 0 Å². The van der Waals surface area contributed by atoms with E-state index in [2.05, 4.69) is 16.1 Å². The SMILES string of the molecule is CC[C@H](C)[C@H](NC(=O)C(C)F)C(=O)N1CC2CCCC2C1C(=O)NN(C[C@@H]1CCNC1=O)C(=O)[C@H](F)Cl. The highest BCUT2D eigenvalue weighted by atomic mass is 35.5. The van der Waals surface area contributed by atoms with E-state index in [4.69, 9.17) is 11.6 Å². The highest BCUT2D eigenvalue weighted by Crippen LogP contribution is 2.42. The average Bonchev–Trinajstić information content (AvgIpc) is 3.56. The minimum absolute atomic E-state index is 0.0415. The van der Waals surface area contributed by atoms with E-state index in [0.29, 0.717) is 25.8 Å². The molecule has 1 aliphatic carbocycles. The van der Waals surface area contributed by atoms with E-state index in [1.165, 1.54) is 4.90 Å². The lowest BCUT2D eigenvalue weighted by Gasteiger charge is -2.34. The molecule has 3 rings (SSSR count). The van der Waals surface area contributed by atoms with Crippen LogP contribution in [0.25, 0.3) is 0 Å². The fraction of sp³-hybridized carbons (Fsp3) is 0.792. The molecule has 1 saturated carbocycles. The zero-order valence-corrected chi connectivity index (χ0v) is 22.1. The van der Waals surface area contributed by atoms with E-state index in [0.717, 1.165) is 24.8 Å². The monoisotopic (exact) mass is 547 g/mol. The van der Waals surface area contributed by atoms with Crippen molar-refractivity contribution in [3.05, 3.63) is 0 Å². The van der Waals surface area contributed by atoms with Gasteiger partial charge in [0.2, 0.25) is 11.8 Å². The van der Waals surface area contributed by atoms with Gasteiger partial charge in [-0.3, -0.25) is 29.4 Å². The van der Waals surface area contributed by atoms with Crippen LogP contribution >= 0.6 is 11.6 Å². The lowest BCUT2D eigenvalue weighted by atomic mass is 9.93.